The third-order valence-electron chi connectivity index (χ3n) is 1.20. The Morgan fingerprint density at radius 1 is 1.40 bits per heavy atom. The van der Waals surface area contributed by atoms with Gasteiger partial charge in [-0.3, -0.25) is 0 Å². The summed E-state index contributed by atoms with van der Waals surface area (Å²) in [6, 6.07) is 0. The highest BCUT2D eigenvalue weighted by atomic mass is 16.5. The quantitative estimate of drug-likeness (QED) is 0.474. The molecule has 0 aliphatic heterocycles. The summed E-state index contributed by atoms with van der Waals surface area (Å²) in [6.45, 7) is 7.37. The molecule has 0 bridgehead atoms. The van der Waals surface area contributed by atoms with Crippen molar-refractivity contribution in [2.45, 2.75) is 19.6 Å². The van der Waals surface area contributed by atoms with Gasteiger partial charge in [0.15, 0.2) is 5.88 Å². The minimum absolute atomic E-state index is 0.410. The van der Waals surface area contributed by atoms with Crippen LogP contribution in [-0.2, 0) is 9.47 Å². The third-order valence-corrected chi connectivity index (χ3v) is 1.20. The lowest BCUT2D eigenvalue weighted by Crippen LogP contribution is -2.40. The van der Waals surface area contributed by atoms with Crippen molar-refractivity contribution < 1.29 is 9.47 Å². The Labute approximate surface area is 62.0 Å². The van der Waals surface area contributed by atoms with Gasteiger partial charge in [-0.05, 0) is 20.4 Å². The number of ether oxygens (including phenoxy) is 2. The van der Waals surface area contributed by atoms with Crippen LogP contribution in [0.15, 0.2) is 12.5 Å². The molecule has 1 N–H and O–H groups in total. The monoisotopic (exact) mass is 145 g/mol. The molecule has 10 heavy (non-hydrogen) atoms. The molecule has 0 rings (SSSR count). The van der Waals surface area contributed by atoms with E-state index in [0.29, 0.717) is 5.88 Å². The van der Waals surface area contributed by atoms with Crippen LogP contribution in [0.5, 0.6) is 0 Å². The van der Waals surface area contributed by atoms with E-state index in [-0.39, 0.29) is 0 Å². The summed E-state index contributed by atoms with van der Waals surface area (Å²) >= 11 is 0. The molecule has 0 aliphatic carbocycles. The Bertz CT molecular complexity index is 121. The molecule has 0 saturated carbocycles. The van der Waals surface area contributed by atoms with Crippen molar-refractivity contribution in [2.75, 3.05) is 14.2 Å². The Morgan fingerprint density at radius 3 is 2.20 bits per heavy atom. The molecule has 0 aromatic heterocycles. The van der Waals surface area contributed by atoms with Gasteiger partial charge in [-0.1, -0.05) is 0 Å². The van der Waals surface area contributed by atoms with Gasteiger partial charge in [0.1, 0.15) is 5.72 Å². The van der Waals surface area contributed by atoms with E-state index in [4.69, 9.17) is 9.47 Å². The average molecular weight is 145 g/mol. The van der Waals surface area contributed by atoms with Crippen molar-refractivity contribution in [2.24, 2.45) is 0 Å². The second-order valence-corrected chi connectivity index (χ2v) is 2.47. The predicted molar refractivity (Wildman–Crippen MR) is 40.4 cm³/mol. The second-order valence-electron chi connectivity index (χ2n) is 2.47. The number of hydrogen-bond donors (Lipinski definition) is 1. The van der Waals surface area contributed by atoms with Crippen molar-refractivity contribution in [3.63, 3.8) is 0 Å². The lowest BCUT2D eigenvalue weighted by molar-refractivity contribution is -0.0116. The smallest absolute Gasteiger partial charge is 0.181 e. The summed E-state index contributed by atoms with van der Waals surface area (Å²) in [4.78, 5) is 0. The van der Waals surface area contributed by atoms with Gasteiger partial charge in [0, 0.05) is 7.11 Å². The molecular formula is C7H15NO2. The fraction of sp³-hybridized carbons (Fsp3) is 0.714. The topological polar surface area (TPSA) is 30.5 Å². The van der Waals surface area contributed by atoms with Crippen molar-refractivity contribution in [3.05, 3.63) is 12.5 Å². The highest BCUT2D eigenvalue weighted by molar-refractivity contribution is 4.83. The SMILES string of the molecule is C=C(NC(C)(C)OC)OC. The molecule has 0 fully saturated rings. The van der Waals surface area contributed by atoms with E-state index in [9.17, 15) is 0 Å². The van der Waals surface area contributed by atoms with Gasteiger partial charge in [-0.2, -0.15) is 0 Å². The molecule has 0 atom stereocenters. The largest absolute Gasteiger partial charge is 0.483 e. The van der Waals surface area contributed by atoms with Gasteiger partial charge in [0.2, 0.25) is 0 Å². The van der Waals surface area contributed by atoms with Crippen molar-refractivity contribution in [1.29, 1.82) is 0 Å². The Morgan fingerprint density at radius 2 is 1.90 bits per heavy atom. The van der Waals surface area contributed by atoms with E-state index in [0.717, 1.165) is 0 Å². The number of nitrogens with one attached hydrogen (secondary N) is 1. The van der Waals surface area contributed by atoms with Crippen LogP contribution < -0.4 is 5.32 Å². The van der Waals surface area contributed by atoms with Gasteiger partial charge in [0.05, 0.1) is 7.11 Å². The van der Waals surface area contributed by atoms with Crippen LogP contribution in [0.3, 0.4) is 0 Å². The first-order valence-corrected chi connectivity index (χ1v) is 3.08. The van der Waals surface area contributed by atoms with Crippen LogP contribution in [0.25, 0.3) is 0 Å². The van der Waals surface area contributed by atoms with Crippen molar-refractivity contribution in [1.82, 2.24) is 5.32 Å². The molecule has 0 spiro atoms. The van der Waals surface area contributed by atoms with Gasteiger partial charge in [0.25, 0.3) is 0 Å². The summed E-state index contributed by atoms with van der Waals surface area (Å²) in [5.41, 5.74) is -0.410. The molecule has 0 radical (unpaired) electrons. The Kier molecular flexibility index (Phi) is 3.22. The zero-order valence-electron chi connectivity index (χ0n) is 7.02. The Balaban J connectivity index is 3.76. The maximum atomic E-state index is 5.06. The van der Waals surface area contributed by atoms with Crippen molar-refractivity contribution in [3.8, 4) is 0 Å². The van der Waals surface area contributed by atoms with Crippen LogP contribution in [-0.4, -0.2) is 19.9 Å². The van der Waals surface area contributed by atoms with Gasteiger partial charge >= 0.3 is 0 Å². The van der Waals surface area contributed by atoms with Crippen LogP contribution in [0, 0.1) is 0 Å². The van der Waals surface area contributed by atoms with Crippen LogP contribution in [0.4, 0.5) is 0 Å². The van der Waals surface area contributed by atoms with E-state index in [1.165, 1.54) is 0 Å². The standard InChI is InChI=1S/C7H15NO2/c1-6(9-4)8-7(2,3)10-5/h8H,1H2,2-5H3. The van der Waals surface area contributed by atoms with Crippen molar-refractivity contribution >= 4 is 0 Å². The molecule has 0 heterocycles. The first kappa shape index (κ1) is 9.30. The zero-order valence-corrected chi connectivity index (χ0v) is 7.02. The molecule has 0 aliphatic rings. The summed E-state index contributed by atoms with van der Waals surface area (Å²) < 4.78 is 9.86. The molecule has 0 saturated heterocycles. The normalized spacial score (nSPS) is 10.8. The third kappa shape index (κ3) is 3.35. The minimum Gasteiger partial charge on any atom is -0.483 e. The van der Waals surface area contributed by atoms with E-state index >= 15 is 0 Å². The van der Waals surface area contributed by atoms with Crippen LogP contribution in [0.2, 0.25) is 0 Å². The average Bonchev–Trinajstić information content (AvgIpc) is 1.87. The van der Waals surface area contributed by atoms with E-state index in [1.807, 2.05) is 13.8 Å². The molecule has 0 amide bonds. The van der Waals surface area contributed by atoms with E-state index in [2.05, 4.69) is 11.9 Å². The second kappa shape index (κ2) is 3.46. The molecular weight excluding hydrogens is 130 g/mol. The predicted octanol–water partition coefficient (Wildman–Crippen LogP) is 1.08. The molecule has 0 aromatic rings. The molecule has 3 nitrogen and oxygen atoms in total. The maximum Gasteiger partial charge on any atom is 0.181 e. The summed E-state index contributed by atoms with van der Waals surface area (Å²) in [6.07, 6.45) is 0. The highest BCUT2D eigenvalue weighted by Crippen LogP contribution is 2.04. The summed E-state index contributed by atoms with van der Waals surface area (Å²) in [5, 5.41) is 2.92. The van der Waals surface area contributed by atoms with Crippen LogP contribution >= 0.6 is 0 Å². The molecule has 0 unspecified atom stereocenters. The Hall–Kier alpha value is -0.700. The first-order valence-electron chi connectivity index (χ1n) is 3.08. The number of rotatable bonds is 4. The first-order chi connectivity index (χ1) is 4.52. The lowest BCUT2D eigenvalue weighted by atomic mass is 10.3. The molecule has 0 aromatic carbocycles. The fourth-order valence-electron chi connectivity index (χ4n) is 0.438. The summed E-state index contributed by atoms with van der Waals surface area (Å²) in [5.74, 6) is 0.506. The lowest BCUT2D eigenvalue weighted by Gasteiger charge is -2.25. The summed E-state index contributed by atoms with van der Waals surface area (Å²) in [7, 11) is 3.18. The van der Waals surface area contributed by atoms with Gasteiger partial charge in [-0.15, -0.1) is 0 Å². The van der Waals surface area contributed by atoms with E-state index < -0.39 is 5.72 Å². The number of methoxy groups -OCH3 is 2. The number of hydrogen-bond acceptors (Lipinski definition) is 3. The van der Waals surface area contributed by atoms with Gasteiger partial charge < -0.3 is 14.8 Å². The van der Waals surface area contributed by atoms with Gasteiger partial charge in [-0.25, -0.2) is 0 Å². The van der Waals surface area contributed by atoms with Crippen LogP contribution in [0.1, 0.15) is 13.8 Å². The fourth-order valence-corrected chi connectivity index (χ4v) is 0.438. The highest BCUT2D eigenvalue weighted by Gasteiger charge is 2.15. The maximum absolute atomic E-state index is 5.06. The minimum atomic E-state index is -0.410. The molecule has 60 valence electrons. The zero-order chi connectivity index (χ0) is 8.20. The molecule has 3 heteroatoms. The van der Waals surface area contributed by atoms with E-state index in [1.54, 1.807) is 14.2 Å².